The molecule has 1 aliphatic heterocycles. The number of hydrogen-bond acceptors (Lipinski definition) is 5. The Bertz CT molecular complexity index is 736. The molecule has 0 bridgehead atoms. The Labute approximate surface area is 148 Å². The van der Waals surface area contributed by atoms with Gasteiger partial charge in [-0.25, -0.2) is 0 Å². The number of aromatic nitrogens is 4. The van der Waals surface area contributed by atoms with E-state index < -0.39 is 0 Å². The van der Waals surface area contributed by atoms with Crippen LogP contribution >= 0.6 is 0 Å². The number of piperidine rings is 1. The first-order valence-electron chi connectivity index (χ1n) is 9.13. The van der Waals surface area contributed by atoms with Gasteiger partial charge in [-0.1, -0.05) is 19.0 Å². The van der Waals surface area contributed by atoms with Crippen molar-refractivity contribution in [3.63, 3.8) is 0 Å². The minimum absolute atomic E-state index is 0.0548. The monoisotopic (exact) mass is 345 g/mol. The fourth-order valence-corrected chi connectivity index (χ4v) is 3.31. The van der Waals surface area contributed by atoms with Crippen LogP contribution in [0.3, 0.4) is 0 Å². The summed E-state index contributed by atoms with van der Waals surface area (Å²) >= 11 is 0. The van der Waals surface area contributed by atoms with E-state index in [0.29, 0.717) is 5.89 Å². The molecule has 25 heavy (non-hydrogen) atoms. The Kier molecular flexibility index (Phi) is 5.20. The second kappa shape index (κ2) is 7.37. The number of likely N-dealkylation sites (tertiary alicyclic amines) is 1. The predicted octanol–water partition coefficient (Wildman–Crippen LogP) is 3.15. The Hall–Kier alpha value is -2.18. The topological polar surface area (TPSA) is 77.0 Å². The summed E-state index contributed by atoms with van der Waals surface area (Å²) in [4.78, 5) is 19.3. The maximum Gasteiger partial charge on any atom is 0.249 e. The third kappa shape index (κ3) is 3.75. The first-order chi connectivity index (χ1) is 12.0. The van der Waals surface area contributed by atoms with Gasteiger partial charge in [0.1, 0.15) is 12.6 Å². The molecule has 3 heterocycles. The van der Waals surface area contributed by atoms with Gasteiger partial charge in [0.25, 0.3) is 0 Å². The van der Waals surface area contributed by atoms with Crippen LogP contribution in [-0.4, -0.2) is 37.3 Å². The summed E-state index contributed by atoms with van der Waals surface area (Å²) in [5.41, 5.74) is 1.92. The van der Waals surface area contributed by atoms with Crippen molar-refractivity contribution in [2.75, 3.05) is 6.54 Å². The van der Waals surface area contributed by atoms with Crippen LogP contribution < -0.4 is 0 Å². The van der Waals surface area contributed by atoms with Crippen LogP contribution in [0, 0.1) is 13.8 Å². The van der Waals surface area contributed by atoms with Gasteiger partial charge in [0.05, 0.1) is 5.69 Å². The van der Waals surface area contributed by atoms with Gasteiger partial charge in [-0.3, -0.25) is 9.48 Å². The molecule has 7 heteroatoms. The average Bonchev–Trinajstić information content (AvgIpc) is 3.21. The van der Waals surface area contributed by atoms with Gasteiger partial charge >= 0.3 is 0 Å². The molecule has 0 aromatic carbocycles. The lowest BCUT2D eigenvalue weighted by Gasteiger charge is -2.33. The van der Waals surface area contributed by atoms with Crippen molar-refractivity contribution >= 4 is 5.91 Å². The minimum Gasteiger partial charge on any atom is -0.337 e. The van der Waals surface area contributed by atoms with Crippen LogP contribution in [-0.2, 0) is 11.3 Å². The number of carbonyl (C=O) groups excluding carboxylic acids is 1. The highest BCUT2D eigenvalue weighted by atomic mass is 16.5. The Balaban J connectivity index is 1.77. The molecule has 2 atom stereocenters. The second-order valence-corrected chi connectivity index (χ2v) is 6.98. The average molecular weight is 345 g/mol. The Morgan fingerprint density at radius 1 is 1.40 bits per heavy atom. The predicted molar refractivity (Wildman–Crippen MR) is 93.0 cm³/mol. The van der Waals surface area contributed by atoms with Crippen molar-refractivity contribution in [1.82, 2.24) is 24.8 Å². The number of carbonyl (C=O) groups is 1. The molecule has 2 aromatic rings. The van der Waals surface area contributed by atoms with E-state index in [-0.39, 0.29) is 24.4 Å². The van der Waals surface area contributed by atoms with Gasteiger partial charge < -0.3 is 9.42 Å². The molecule has 0 unspecified atom stereocenters. The SMILES string of the molecule is CC[C@@H](C)c1noc([C@H]2CCCCN2C(=O)Cn2nc(C)cc2C)n1. The van der Waals surface area contributed by atoms with Crippen LogP contribution in [0.1, 0.15) is 74.6 Å². The first kappa shape index (κ1) is 17.6. The second-order valence-electron chi connectivity index (χ2n) is 6.98. The summed E-state index contributed by atoms with van der Waals surface area (Å²) < 4.78 is 7.27. The number of nitrogens with zero attached hydrogens (tertiary/aromatic N) is 5. The molecule has 0 radical (unpaired) electrons. The standard InChI is InChI=1S/C18H27N5O2/c1-5-12(2)17-19-18(25-21-17)15-8-6-7-9-22(15)16(24)11-23-14(4)10-13(3)20-23/h10,12,15H,5-9,11H2,1-4H3/t12-,15-/m1/s1. The lowest BCUT2D eigenvalue weighted by molar-refractivity contribution is -0.136. The van der Waals surface area contributed by atoms with E-state index in [1.54, 1.807) is 4.68 Å². The van der Waals surface area contributed by atoms with Gasteiger partial charge in [-0.05, 0) is 45.6 Å². The molecule has 1 fully saturated rings. The summed E-state index contributed by atoms with van der Waals surface area (Å²) in [5.74, 6) is 1.62. The molecular weight excluding hydrogens is 318 g/mol. The Morgan fingerprint density at radius 3 is 2.88 bits per heavy atom. The van der Waals surface area contributed by atoms with Crippen LogP contribution in [0.15, 0.2) is 10.6 Å². The lowest BCUT2D eigenvalue weighted by atomic mass is 10.0. The van der Waals surface area contributed by atoms with E-state index in [9.17, 15) is 4.79 Å². The molecule has 7 nitrogen and oxygen atoms in total. The van der Waals surface area contributed by atoms with E-state index in [1.165, 1.54) is 0 Å². The van der Waals surface area contributed by atoms with Crippen LogP contribution in [0.25, 0.3) is 0 Å². The fraction of sp³-hybridized carbons (Fsp3) is 0.667. The van der Waals surface area contributed by atoms with Gasteiger partial charge in [0, 0.05) is 18.2 Å². The maximum atomic E-state index is 12.9. The maximum absolute atomic E-state index is 12.9. The van der Waals surface area contributed by atoms with Crippen LogP contribution in [0.4, 0.5) is 0 Å². The minimum atomic E-state index is -0.122. The van der Waals surface area contributed by atoms with Crippen molar-refractivity contribution < 1.29 is 9.32 Å². The van der Waals surface area contributed by atoms with E-state index in [1.807, 2.05) is 24.8 Å². The summed E-state index contributed by atoms with van der Waals surface area (Å²) in [7, 11) is 0. The van der Waals surface area contributed by atoms with E-state index in [2.05, 4.69) is 29.1 Å². The summed E-state index contributed by atoms with van der Waals surface area (Å²) in [6.07, 6.45) is 3.90. The number of amides is 1. The smallest absolute Gasteiger partial charge is 0.249 e. The molecule has 0 N–H and O–H groups in total. The van der Waals surface area contributed by atoms with Gasteiger partial charge in [-0.15, -0.1) is 0 Å². The number of aryl methyl sites for hydroxylation is 2. The molecule has 2 aromatic heterocycles. The molecule has 0 spiro atoms. The first-order valence-corrected chi connectivity index (χ1v) is 9.13. The highest BCUT2D eigenvalue weighted by Gasteiger charge is 2.32. The summed E-state index contributed by atoms with van der Waals surface area (Å²) in [5, 5.41) is 8.51. The third-order valence-electron chi connectivity index (χ3n) is 5.01. The molecule has 0 saturated carbocycles. The molecule has 1 amide bonds. The van der Waals surface area contributed by atoms with Crippen molar-refractivity contribution in [2.24, 2.45) is 0 Å². The largest absolute Gasteiger partial charge is 0.337 e. The lowest BCUT2D eigenvalue weighted by Crippen LogP contribution is -2.40. The molecular formula is C18H27N5O2. The van der Waals surface area contributed by atoms with Crippen molar-refractivity contribution in [1.29, 1.82) is 0 Å². The summed E-state index contributed by atoms with van der Waals surface area (Å²) in [6.45, 7) is 9.07. The molecule has 3 rings (SSSR count). The highest BCUT2D eigenvalue weighted by Crippen LogP contribution is 2.31. The molecule has 0 aliphatic carbocycles. The zero-order valence-electron chi connectivity index (χ0n) is 15.5. The normalized spacial score (nSPS) is 19.2. The third-order valence-corrected chi connectivity index (χ3v) is 5.01. The van der Waals surface area contributed by atoms with Gasteiger partial charge in [0.2, 0.25) is 11.8 Å². The molecule has 1 saturated heterocycles. The quantitative estimate of drug-likeness (QED) is 0.832. The summed E-state index contributed by atoms with van der Waals surface area (Å²) in [6, 6.07) is 1.86. The zero-order valence-corrected chi connectivity index (χ0v) is 15.5. The van der Waals surface area contributed by atoms with Crippen LogP contribution in [0.5, 0.6) is 0 Å². The Morgan fingerprint density at radius 2 is 2.20 bits per heavy atom. The van der Waals surface area contributed by atoms with Crippen molar-refractivity contribution in [3.8, 4) is 0 Å². The molecule has 1 aliphatic rings. The van der Waals surface area contributed by atoms with E-state index in [0.717, 1.165) is 49.4 Å². The van der Waals surface area contributed by atoms with Crippen molar-refractivity contribution in [2.45, 2.75) is 71.9 Å². The molecule has 136 valence electrons. The van der Waals surface area contributed by atoms with Gasteiger partial charge in [-0.2, -0.15) is 10.1 Å². The number of rotatable bonds is 5. The fourth-order valence-electron chi connectivity index (χ4n) is 3.31. The van der Waals surface area contributed by atoms with E-state index >= 15 is 0 Å². The zero-order chi connectivity index (χ0) is 18.0. The van der Waals surface area contributed by atoms with Gasteiger partial charge in [0.15, 0.2) is 5.82 Å². The van der Waals surface area contributed by atoms with Crippen LogP contribution in [0.2, 0.25) is 0 Å². The highest BCUT2D eigenvalue weighted by molar-refractivity contribution is 5.76. The van der Waals surface area contributed by atoms with E-state index in [4.69, 9.17) is 4.52 Å². The van der Waals surface area contributed by atoms with Crippen molar-refractivity contribution in [3.05, 3.63) is 29.2 Å². The number of hydrogen-bond donors (Lipinski definition) is 0.